The molecule has 0 fully saturated rings. The van der Waals surface area contributed by atoms with E-state index in [9.17, 15) is 4.79 Å². The van der Waals surface area contributed by atoms with Crippen molar-refractivity contribution in [3.05, 3.63) is 29.8 Å². The first kappa shape index (κ1) is 12.8. The molecule has 0 atom stereocenters. The highest BCUT2D eigenvalue weighted by Gasteiger charge is 2.02. The summed E-state index contributed by atoms with van der Waals surface area (Å²) in [6.07, 6.45) is 0.258. The van der Waals surface area contributed by atoms with E-state index in [1.54, 1.807) is 31.2 Å². The number of esters is 1. The Hall–Kier alpha value is -1.22. The Bertz CT molecular complexity index is 282. The molecule has 4 heteroatoms. The Morgan fingerprint density at radius 1 is 1.36 bits per heavy atom. The summed E-state index contributed by atoms with van der Waals surface area (Å²) in [5.74, 6) is -0.0409. The molecule has 1 rings (SSSR count). The minimum absolute atomic E-state index is 0. The summed E-state index contributed by atoms with van der Waals surface area (Å²) in [6, 6.07) is 6.50. The number of rotatable bonds is 3. The van der Waals surface area contributed by atoms with Gasteiger partial charge >= 0.3 is 5.97 Å². The molecule has 1 aromatic carbocycles. The normalized spacial score (nSPS) is 8.93. The van der Waals surface area contributed by atoms with Crippen molar-refractivity contribution in [3.63, 3.8) is 0 Å². The number of hydrogen-bond acceptors (Lipinski definition) is 3. The Kier molecular flexibility index (Phi) is 5.72. The SMILES string of the molecule is CCOC(=O)Cc1ccc(O)cc1.Cl. The van der Waals surface area contributed by atoms with E-state index in [1.165, 1.54) is 0 Å². The summed E-state index contributed by atoms with van der Waals surface area (Å²) in [5, 5.41) is 8.98. The molecule has 0 bridgehead atoms. The van der Waals surface area contributed by atoms with Gasteiger partial charge in [-0.25, -0.2) is 0 Å². The predicted octanol–water partition coefficient (Wildman–Crippen LogP) is 1.92. The van der Waals surface area contributed by atoms with Crippen molar-refractivity contribution in [3.8, 4) is 5.75 Å². The van der Waals surface area contributed by atoms with Crippen LogP contribution in [0.1, 0.15) is 12.5 Å². The van der Waals surface area contributed by atoms with Crippen molar-refractivity contribution in [1.29, 1.82) is 0 Å². The largest absolute Gasteiger partial charge is 0.508 e. The maximum absolute atomic E-state index is 11.0. The maximum atomic E-state index is 11.0. The fourth-order valence-electron chi connectivity index (χ4n) is 0.992. The van der Waals surface area contributed by atoms with Crippen molar-refractivity contribution < 1.29 is 14.6 Å². The van der Waals surface area contributed by atoms with Crippen LogP contribution in [0.2, 0.25) is 0 Å². The molecule has 0 saturated heterocycles. The van der Waals surface area contributed by atoms with Crippen molar-refractivity contribution in [1.82, 2.24) is 0 Å². The van der Waals surface area contributed by atoms with E-state index in [0.29, 0.717) is 6.61 Å². The van der Waals surface area contributed by atoms with E-state index >= 15 is 0 Å². The average molecular weight is 217 g/mol. The van der Waals surface area contributed by atoms with Crippen molar-refractivity contribution >= 4 is 18.4 Å². The summed E-state index contributed by atoms with van der Waals surface area (Å²) < 4.78 is 4.77. The smallest absolute Gasteiger partial charge is 0.310 e. The Labute approximate surface area is 89.1 Å². The van der Waals surface area contributed by atoms with Gasteiger partial charge in [0.1, 0.15) is 5.75 Å². The standard InChI is InChI=1S/C10H12O3.ClH/c1-2-13-10(12)7-8-3-5-9(11)6-4-8;/h3-6,11H,2,7H2,1H3;1H. The van der Waals surface area contributed by atoms with Crippen LogP contribution in [0.4, 0.5) is 0 Å². The van der Waals surface area contributed by atoms with E-state index in [0.717, 1.165) is 5.56 Å². The second-order valence-corrected chi connectivity index (χ2v) is 2.65. The average Bonchev–Trinajstić information content (AvgIpc) is 2.09. The van der Waals surface area contributed by atoms with Crippen molar-refractivity contribution in [2.24, 2.45) is 0 Å². The number of carbonyl (C=O) groups excluding carboxylic acids is 1. The molecule has 0 unspecified atom stereocenters. The number of phenolic OH excluding ortho intramolecular Hbond substituents is 1. The minimum Gasteiger partial charge on any atom is -0.508 e. The Morgan fingerprint density at radius 3 is 2.43 bits per heavy atom. The third-order valence-electron chi connectivity index (χ3n) is 1.59. The van der Waals surface area contributed by atoms with Crippen LogP contribution in [0.15, 0.2) is 24.3 Å². The zero-order valence-electron chi connectivity index (χ0n) is 7.90. The van der Waals surface area contributed by atoms with Gasteiger partial charge in [0.15, 0.2) is 0 Å². The van der Waals surface area contributed by atoms with Crippen molar-refractivity contribution in [2.45, 2.75) is 13.3 Å². The molecular formula is C10H13ClO3. The lowest BCUT2D eigenvalue weighted by Gasteiger charge is -2.01. The topological polar surface area (TPSA) is 46.5 Å². The van der Waals surface area contributed by atoms with Gasteiger partial charge in [0, 0.05) is 0 Å². The first-order chi connectivity index (χ1) is 6.22. The van der Waals surface area contributed by atoms with Gasteiger partial charge in [-0.15, -0.1) is 12.4 Å². The minimum atomic E-state index is -0.242. The molecule has 14 heavy (non-hydrogen) atoms. The molecular weight excluding hydrogens is 204 g/mol. The summed E-state index contributed by atoms with van der Waals surface area (Å²) in [7, 11) is 0. The van der Waals surface area contributed by atoms with Crippen LogP contribution in [-0.4, -0.2) is 17.7 Å². The van der Waals surface area contributed by atoms with Crippen LogP contribution >= 0.6 is 12.4 Å². The van der Waals surface area contributed by atoms with Gasteiger partial charge in [0.2, 0.25) is 0 Å². The van der Waals surface area contributed by atoms with E-state index in [1.807, 2.05) is 0 Å². The molecule has 0 amide bonds. The van der Waals surface area contributed by atoms with Crippen LogP contribution in [0, 0.1) is 0 Å². The summed E-state index contributed by atoms with van der Waals surface area (Å²) in [5.41, 5.74) is 0.844. The number of hydrogen-bond donors (Lipinski definition) is 1. The number of halogens is 1. The summed E-state index contributed by atoms with van der Waals surface area (Å²) in [6.45, 7) is 2.17. The van der Waals surface area contributed by atoms with Crippen LogP contribution in [0.25, 0.3) is 0 Å². The fourth-order valence-corrected chi connectivity index (χ4v) is 0.992. The summed E-state index contributed by atoms with van der Waals surface area (Å²) >= 11 is 0. The molecule has 1 N–H and O–H groups in total. The number of ether oxygens (including phenoxy) is 1. The zero-order chi connectivity index (χ0) is 9.68. The van der Waals surface area contributed by atoms with Gasteiger partial charge in [-0.3, -0.25) is 4.79 Å². The van der Waals surface area contributed by atoms with Crippen LogP contribution in [-0.2, 0) is 16.0 Å². The predicted molar refractivity (Wildman–Crippen MR) is 55.7 cm³/mol. The molecule has 0 aliphatic rings. The highest BCUT2D eigenvalue weighted by Crippen LogP contribution is 2.10. The molecule has 0 spiro atoms. The molecule has 1 aromatic rings. The van der Waals surface area contributed by atoms with Crippen LogP contribution in [0.3, 0.4) is 0 Å². The van der Waals surface area contributed by atoms with E-state index in [2.05, 4.69) is 0 Å². The van der Waals surface area contributed by atoms with Crippen molar-refractivity contribution in [2.75, 3.05) is 6.61 Å². The quantitative estimate of drug-likeness (QED) is 0.786. The summed E-state index contributed by atoms with van der Waals surface area (Å²) in [4.78, 5) is 11.0. The number of benzene rings is 1. The highest BCUT2D eigenvalue weighted by molar-refractivity contribution is 5.85. The molecule has 0 radical (unpaired) electrons. The zero-order valence-corrected chi connectivity index (χ0v) is 8.71. The van der Waals surface area contributed by atoms with Gasteiger partial charge in [-0.1, -0.05) is 12.1 Å². The second kappa shape index (κ2) is 6.27. The maximum Gasteiger partial charge on any atom is 0.310 e. The molecule has 0 heterocycles. The number of phenols is 1. The fraction of sp³-hybridized carbons (Fsp3) is 0.300. The van der Waals surface area contributed by atoms with Gasteiger partial charge in [-0.05, 0) is 24.6 Å². The lowest BCUT2D eigenvalue weighted by Crippen LogP contribution is -2.07. The lowest BCUT2D eigenvalue weighted by molar-refractivity contribution is -0.142. The molecule has 0 saturated carbocycles. The first-order valence-electron chi connectivity index (χ1n) is 4.16. The first-order valence-corrected chi connectivity index (χ1v) is 4.16. The van der Waals surface area contributed by atoms with Gasteiger partial charge in [-0.2, -0.15) is 0 Å². The van der Waals surface area contributed by atoms with Crippen LogP contribution in [0.5, 0.6) is 5.75 Å². The third-order valence-corrected chi connectivity index (χ3v) is 1.59. The molecule has 0 aromatic heterocycles. The molecule has 0 aliphatic carbocycles. The van der Waals surface area contributed by atoms with E-state index in [-0.39, 0.29) is 30.5 Å². The lowest BCUT2D eigenvalue weighted by atomic mass is 10.1. The van der Waals surface area contributed by atoms with Gasteiger partial charge in [0.05, 0.1) is 13.0 Å². The Balaban J connectivity index is 0.00000169. The second-order valence-electron chi connectivity index (χ2n) is 2.65. The molecule has 78 valence electrons. The molecule has 3 nitrogen and oxygen atoms in total. The number of aromatic hydroxyl groups is 1. The number of carbonyl (C=O) groups is 1. The Morgan fingerprint density at radius 2 is 1.93 bits per heavy atom. The highest BCUT2D eigenvalue weighted by atomic mass is 35.5. The van der Waals surface area contributed by atoms with Gasteiger partial charge < -0.3 is 9.84 Å². The van der Waals surface area contributed by atoms with Gasteiger partial charge in [0.25, 0.3) is 0 Å². The molecule has 0 aliphatic heterocycles. The monoisotopic (exact) mass is 216 g/mol. The van der Waals surface area contributed by atoms with E-state index in [4.69, 9.17) is 9.84 Å². The van der Waals surface area contributed by atoms with E-state index < -0.39 is 0 Å². The van der Waals surface area contributed by atoms with Crippen LogP contribution < -0.4 is 0 Å². The third kappa shape index (κ3) is 4.14.